The molecule has 0 atom stereocenters. The largest absolute Gasteiger partial charge is 0.256 e. The molecule has 4 aromatic heterocycles. The first-order chi connectivity index (χ1) is 26.3. The molecular formula is C48H34N6. The molecule has 4 heterocycles. The van der Waals surface area contributed by atoms with Gasteiger partial charge in [0.2, 0.25) is 0 Å². The summed E-state index contributed by atoms with van der Waals surface area (Å²) in [4.78, 5) is 30.3. The molecule has 2 aliphatic rings. The predicted molar refractivity (Wildman–Crippen MR) is 217 cm³/mol. The Balaban J connectivity index is 1.11. The highest BCUT2D eigenvalue weighted by Gasteiger charge is 2.43. The summed E-state index contributed by atoms with van der Waals surface area (Å²) >= 11 is 0. The second kappa shape index (κ2) is 10.9. The fourth-order valence-electron chi connectivity index (χ4n) is 8.92. The van der Waals surface area contributed by atoms with Gasteiger partial charge in [0.15, 0.2) is 17.5 Å². The zero-order valence-corrected chi connectivity index (χ0v) is 30.4. The molecule has 6 nitrogen and oxygen atoms in total. The summed E-state index contributed by atoms with van der Waals surface area (Å²) in [5.74, 6) is 1.79. The van der Waals surface area contributed by atoms with Gasteiger partial charge in [-0.3, -0.25) is 15.0 Å². The Labute approximate surface area is 312 Å². The van der Waals surface area contributed by atoms with Crippen molar-refractivity contribution in [3.05, 3.63) is 156 Å². The van der Waals surface area contributed by atoms with Gasteiger partial charge in [0.25, 0.3) is 0 Å². The number of hydrogen-bond acceptors (Lipinski definition) is 6. The fourth-order valence-corrected chi connectivity index (χ4v) is 8.92. The number of hydrogen-bond donors (Lipinski definition) is 0. The van der Waals surface area contributed by atoms with Gasteiger partial charge in [0.1, 0.15) is 0 Å². The molecule has 0 radical (unpaired) electrons. The van der Waals surface area contributed by atoms with Crippen molar-refractivity contribution < 1.29 is 0 Å². The van der Waals surface area contributed by atoms with Crippen LogP contribution in [-0.2, 0) is 10.8 Å². The molecule has 0 spiro atoms. The Morgan fingerprint density at radius 1 is 0.407 bits per heavy atom. The van der Waals surface area contributed by atoms with E-state index in [0.29, 0.717) is 17.5 Å². The van der Waals surface area contributed by atoms with Crippen molar-refractivity contribution in [3.8, 4) is 56.7 Å². The lowest BCUT2D eigenvalue weighted by molar-refractivity contribution is 0.651. The topological polar surface area (TPSA) is 77.3 Å². The molecule has 0 saturated heterocycles. The molecule has 0 fully saturated rings. The van der Waals surface area contributed by atoms with Gasteiger partial charge in [0, 0.05) is 62.6 Å². The summed E-state index contributed by atoms with van der Waals surface area (Å²) < 4.78 is 0. The third kappa shape index (κ3) is 4.34. The number of nitrogens with zero attached hydrogens (tertiary/aromatic N) is 6. The van der Waals surface area contributed by atoms with Crippen LogP contribution in [0.1, 0.15) is 49.9 Å². The first kappa shape index (κ1) is 30.9. The molecule has 0 amide bonds. The van der Waals surface area contributed by atoms with Crippen LogP contribution in [0.4, 0.5) is 0 Å². The van der Waals surface area contributed by atoms with E-state index >= 15 is 0 Å². The van der Waals surface area contributed by atoms with Gasteiger partial charge in [0.05, 0.1) is 16.9 Å². The quantitative estimate of drug-likeness (QED) is 0.171. The average Bonchev–Trinajstić information content (AvgIpc) is 3.58. The van der Waals surface area contributed by atoms with Gasteiger partial charge in [-0.2, -0.15) is 0 Å². The van der Waals surface area contributed by atoms with Crippen molar-refractivity contribution >= 4 is 32.4 Å². The van der Waals surface area contributed by atoms with Crippen LogP contribution in [0.25, 0.3) is 89.1 Å². The average molecular weight is 695 g/mol. The lowest BCUT2D eigenvalue weighted by atomic mass is 9.79. The van der Waals surface area contributed by atoms with E-state index in [1.165, 1.54) is 33.2 Å². The summed E-state index contributed by atoms with van der Waals surface area (Å²) in [7, 11) is 0. The van der Waals surface area contributed by atoms with E-state index in [1.807, 2.05) is 30.7 Å². The molecule has 0 unspecified atom stereocenters. The van der Waals surface area contributed by atoms with E-state index in [9.17, 15) is 0 Å². The van der Waals surface area contributed by atoms with Crippen molar-refractivity contribution in [3.63, 3.8) is 0 Å². The Kier molecular flexibility index (Phi) is 6.26. The third-order valence-corrected chi connectivity index (χ3v) is 11.8. The molecule has 5 aromatic carbocycles. The number of pyridine rings is 3. The third-order valence-electron chi connectivity index (χ3n) is 11.8. The molecule has 0 bridgehead atoms. The van der Waals surface area contributed by atoms with E-state index in [4.69, 9.17) is 24.9 Å². The summed E-state index contributed by atoms with van der Waals surface area (Å²) in [6, 6.07) is 40.7. The summed E-state index contributed by atoms with van der Waals surface area (Å²) in [5, 5.41) is 5.65. The van der Waals surface area contributed by atoms with Crippen LogP contribution in [0.5, 0.6) is 0 Å². The molecular weight excluding hydrogens is 661 g/mol. The number of aromatic nitrogens is 6. The van der Waals surface area contributed by atoms with Crippen molar-refractivity contribution in [1.82, 2.24) is 29.9 Å². The van der Waals surface area contributed by atoms with Gasteiger partial charge in [-0.05, 0) is 86.3 Å². The Hall–Kier alpha value is -6.66. The highest BCUT2D eigenvalue weighted by Crippen LogP contribution is 2.55. The lowest BCUT2D eigenvalue weighted by Gasteiger charge is -2.24. The Morgan fingerprint density at radius 2 is 1.04 bits per heavy atom. The minimum Gasteiger partial charge on any atom is -0.256 e. The van der Waals surface area contributed by atoms with Gasteiger partial charge in [-0.25, -0.2) is 15.0 Å². The highest BCUT2D eigenvalue weighted by atomic mass is 15.0. The minimum absolute atomic E-state index is 0.149. The van der Waals surface area contributed by atoms with Gasteiger partial charge < -0.3 is 0 Å². The van der Waals surface area contributed by atoms with E-state index in [1.54, 1.807) is 0 Å². The molecule has 256 valence electrons. The van der Waals surface area contributed by atoms with Crippen molar-refractivity contribution in [2.75, 3.05) is 0 Å². The van der Waals surface area contributed by atoms with Crippen LogP contribution in [0, 0.1) is 0 Å². The normalized spacial score (nSPS) is 14.6. The first-order valence-corrected chi connectivity index (χ1v) is 18.4. The molecule has 2 aliphatic carbocycles. The van der Waals surface area contributed by atoms with Crippen molar-refractivity contribution in [2.45, 2.75) is 38.5 Å². The zero-order chi connectivity index (χ0) is 36.3. The molecule has 6 heteroatoms. The van der Waals surface area contributed by atoms with Crippen LogP contribution in [0.2, 0.25) is 0 Å². The molecule has 54 heavy (non-hydrogen) atoms. The van der Waals surface area contributed by atoms with Crippen LogP contribution in [-0.4, -0.2) is 29.9 Å². The number of rotatable bonds is 3. The van der Waals surface area contributed by atoms with Crippen LogP contribution >= 0.6 is 0 Å². The standard InChI is InChI=1S/C48H34N6/c1-47(2)37-16-10-20-50-42(37)35-24-39-36(25-38(35)47)43-40(48(39,3)4)22-30(26-51-43)45-52-44(29-18-17-27-12-9-19-49-41(27)23-29)53-46(54-45)34-21-28-11-5-6-13-31(28)32-14-7-8-15-33(32)34/h5-26H,1-4H3. The maximum absolute atomic E-state index is 5.25. The second-order valence-corrected chi connectivity index (χ2v) is 15.6. The second-order valence-electron chi connectivity index (χ2n) is 15.6. The zero-order valence-electron chi connectivity index (χ0n) is 30.4. The maximum Gasteiger partial charge on any atom is 0.165 e. The number of fused-ring (bicyclic) bond motifs is 10. The van der Waals surface area contributed by atoms with E-state index < -0.39 is 0 Å². The molecule has 0 aliphatic heterocycles. The Morgan fingerprint density at radius 3 is 1.85 bits per heavy atom. The van der Waals surface area contributed by atoms with Gasteiger partial charge in [-0.15, -0.1) is 0 Å². The monoisotopic (exact) mass is 694 g/mol. The summed E-state index contributed by atoms with van der Waals surface area (Å²) in [6.45, 7) is 9.18. The first-order valence-electron chi connectivity index (χ1n) is 18.4. The van der Waals surface area contributed by atoms with Crippen LogP contribution in [0.15, 0.2) is 134 Å². The maximum atomic E-state index is 5.25. The van der Waals surface area contributed by atoms with E-state index in [0.717, 1.165) is 60.7 Å². The van der Waals surface area contributed by atoms with E-state index in [2.05, 4.69) is 136 Å². The smallest absolute Gasteiger partial charge is 0.165 e. The Bertz CT molecular complexity index is 3070. The highest BCUT2D eigenvalue weighted by molar-refractivity contribution is 6.13. The molecule has 9 aromatic rings. The van der Waals surface area contributed by atoms with Gasteiger partial charge in [-0.1, -0.05) is 100 Å². The molecule has 0 N–H and O–H groups in total. The van der Waals surface area contributed by atoms with Gasteiger partial charge >= 0.3 is 0 Å². The van der Waals surface area contributed by atoms with Crippen molar-refractivity contribution in [1.29, 1.82) is 0 Å². The molecule has 11 rings (SSSR count). The number of benzene rings is 5. The summed E-state index contributed by atoms with van der Waals surface area (Å²) in [6.07, 6.45) is 5.65. The lowest BCUT2D eigenvalue weighted by Crippen LogP contribution is -2.17. The summed E-state index contributed by atoms with van der Waals surface area (Å²) in [5.41, 5.74) is 12.6. The minimum atomic E-state index is -0.304. The fraction of sp³-hybridized carbons (Fsp3) is 0.125. The van der Waals surface area contributed by atoms with Crippen LogP contribution in [0.3, 0.4) is 0 Å². The molecule has 0 saturated carbocycles. The predicted octanol–water partition coefficient (Wildman–Crippen LogP) is 11.1. The van der Waals surface area contributed by atoms with E-state index in [-0.39, 0.29) is 10.8 Å². The van der Waals surface area contributed by atoms with Crippen LogP contribution < -0.4 is 0 Å². The van der Waals surface area contributed by atoms with Crippen molar-refractivity contribution in [2.24, 2.45) is 0 Å². The SMILES string of the molecule is CC1(C)c2cc3c(cc2-c2ncccc21)C(C)(C)c1cc(-c2nc(-c4ccc5cccnc5c4)nc(-c4cc5ccccc5c5ccccc45)n2)cnc1-3.